The second-order valence-corrected chi connectivity index (χ2v) is 5.85. The van der Waals surface area contributed by atoms with Gasteiger partial charge in [0.1, 0.15) is 5.82 Å². The van der Waals surface area contributed by atoms with Crippen molar-refractivity contribution in [1.29, 1.82) is 0 Å². The van der Waals surface area contributed by atoms with E-state index >= 15 is 0 Å². The predicted octanol–water partition coefficient (Wildman–Crippen LogP) is 3.79. The minimum absolute atomic E-state index is 0.227. The van der Waals surface area contributed by atoms with Crippen molar-refractivity contribution in [2.75, 3.05) is 25.1 Å². The molecule has 1 aliphatic carbocycles. The van der Waals surface area contributed by atoms with Crippen molar-refractivity contribution in [3.05, 3.63) is 35.5 Å². The van der Waals surface area contributed by atoms with E-state index in [9.17, 15) is 4.39 Å². The van der Waals surface area contributed by atoms with Gasteiger partial charge < -0.3 is 10.1 Å². The van der Waals surface area contributed by atoms with Crippen LogP contribution >= 0.6 is 11.3 Å². The molecule has 0 aliphatic heterocycles. The Kier molecular flexibility index (Phi) is 4.28. The van der Waals surface area contributed by atoms with Crippen LogP contribution < -0.4 is 5.32 Å². The van der Waals surface area contributed by atoms with E-state index in [1.54, 1.807) is 23.5 Å². The maximum absolute atomic E-state index is 12.9. The summed E-state index contributed by atoms with van der Waals surface area (Å²) in [4.78, 5) is 4.48. The van der Waals surface area contributed by atoms with Crippen molar-refractivity contribution >= 4 is 16.5 Å². The SMILES string of the molecule is Fc1ccc(-c2csc(NCCOCC3CC3)n2)cc1. The molecule has 0 spiro atoms. The maximum Gasteiger partial charge on any atom is 0.183 e. The molecule has 1 aliphatic rings. The molecule has 5 heteroatoms. The molecule has 1 fully saturated rings. The minimum Gasteiger partial charge on any atom is -0.379 e. The Balaban J connectivity index is 1.47. The average molecular weight is 292 g/mol. The summed E-state index contributed by atoms with van der Waals surface area (Å²) in [5.41, 5.74) is 1.80. The van der Waals surface area contributed by atoms with Crippen molar-refractivity contribution in [1.82, 2.24) is 4.98 Å². The number of nitrogens with one attached hydrogen (secondary N) is 1. The molecule has 0 saturated heterocycles. The van der Waals surface area contributed by atoms with Crippen molar-refractivity contribution < 1.29 is 9.13 Å². The Hall–Kier alpha value is -1.46. The van der Waals surface area contributed by atoms with E-state index in [0.717, 1.165) is 35.5 Å². The fraction of sp³-hybridized carbons (Fsp3) is 0.400. The second-order valence-electron chi connectivity index (χ2n) is 4.99. The Bertz CT molecular complexity index is 551. The zero-order chi connectivity index (χ0) is 13.8. The zero-order valence-electron chi connectivity index (χ0n) is 11.1. The van der Waals surface area contributed by atoms with E-state index in [1.165, 1.54) is 25.0 Å². The van der Waals surface area contributed by atoms with E-state index in [4.69, 9.17) is 4.74 Å². The summed E-state index contributed by atoms with van der Waals surface area (Å²) in [5, 5.41) is 6.10. The van der Waals surface area contributed by atoms with Crippen LogP contribution in [0.25, 0.3) is 11.3 Å². The fourth-order valence-corrected chi connectivity index (χ4v) is 2.62. The minimum atomic E-state index is -0.227. The van der Waals surface area contributed by atoms with Crippen LogP contribution in [-0.4, -0.2) is 24.7 Å². The molecule has 0 bridgehead atoms. The van der Waals surface area contributed by atoms with E-state index < -0.39 is 0 Å². The van der Waals surface area contributed by atoms with Crippen LogP contribution in [0.4, 0.5) is 9.52 Å². The van der Waals surface area contributed by atoms with Crippen LogP contribution in [0.1, 0.15) is 12.8 Å². The molecule has 2 aromatic rings. The number of rotatable bonds is 7. The monoisotopic (exact) mass is 292 g/mol. The van der Waals surface area contributed by atoms with Gasteiger partial charge in [-0.05, 0) is 43.0 Å². The highest BCUT2D eigenvalue weighted by Gasteiger charge is 2.20. The largest absolute Gasteiger partial charge is 0.379 e. The van der Waals surface area contributed by atoms with E-state index in [1.807, 2.05) is 5.38 Å². The number of benzene rings is 1. The highest BCUT2D eigenvalue weighted by atomic mass is 32.1. The summed E-state index contributed by atoms with van der Waals surface area (Å²) in [6.45, 7) is 2.37. The summed E-state index contributed by atoms with van der Waals surface area (Å²) in [6.07, 6.45) is 2.64. The molecule has 1 saturated carbocycles. The van der Waals surface area contributed by atoms with Crippen molar-refractivity contribution in [2.45, 2.75) is 12.8 Å². The number of thiazole rings is 1. The lowest BCUT2D eigenvalue weighted by molar-refractivity contribution is 0.134. The van der Waals surface area contributed by atoms with Gasteiger partial charge in [-0.15, -0.1) is 11.3 Å². The Morgan fingerprint density at radius 2 is 2.10 bits per heavy atom. The number of hydrogen-bond acceptors (Lipinski definition) is 4. The van der Waals surface area contributed by atoms with Gasteiger partial charge in [0.15, 0.2) is 5.13 Å². The lowest BCUT2D eigenvalue weighted by atomic mass is 10.2. The van der Waals surface area contributed by atoms with Gasteiger partial charge in [-0.2, -0.15) is 0 Å². The maximum atomic E-state index is 12.9. The number of halogens is 1. The third-order valence-electron chi connectivity index (χ3n) is 3.22. The quantitative estimate of drug-likeness (QED) is 0.788. The normalized spacial score (nSPS) is 14.4. The van der Waals surface area contributed by atoms with Gasteiger partial charge in [0, 0.05) is 24.1 Å². The molecule has 1 N–H and O–H groups in total. The lowest BCUT2D eigenvalue weighted by Crippen LogP contribution is -2.10. The molecule has 20 heavy (non-hydrogen) atoms. The van der Waals surface area contributed by atoms with Gasteiger partial charge in [-0.3, -0.25) is 0 Å². The molecule has 1 aromatic carbocycles. The zero-order valence-corrected chi connectivity index (χ0v) is 12.0. The summed E-state index contributed by atoms with van der Waals surface area (Å²) >= 11 is 1.55. The van der Waals surface area contributed by atoms with Crippen molar-refractivity contribution in [3.63, 3.8) is 0 Å². The Morgan fingerprint density at radius 3 is 2.85 bits per heavy atom. The van der Waals surface area contributed by atoms with Crippen molar-refractivity contribution in [3.8, 4) is 11.3 Å². The van der Waals surface area contributed by atoms with Gasteiger partial charge in [0.25, 0.3) is 0 Å². The van der Waals surface area contributed by atoms with E-state index in [0.29, 0.717) is 6.61 Å². The van der Waals surface area contributed by atoms with Gasteiger partial charge in [0.05, 0.1) is 12.3 Å². The molecule has 106 valence electrons. The number of hydrogen-bond donors (Lipinski definition) is 1. The molecule has 0 atom stereocenters. The summed E-state index contributed by atoms with van der Waals surface area (Å²) in [6, 6.07) is 6.39. The highest BCUT2D eigenvalue weighted by Crippen LogP contribution is 2.28. The van der Waals surface area contributed by atoms with Gasteiger partial charge in [-0.1, -0.05) is 0 Å². The smallest absolute Gasteiger partial charge is 0.183 e. The summed E-state index contributed by atoms with van der Waals surface area (Å²) in [7, 11) is 0. The third kappa shape index (κ3) is 3.77. The first-order valence-electron chi connectivity index (χ1n) is 6.84. The van der Waals surface area contributed by atoms with Gasteiger partial charge in [0.2, 0.25) is 0 Å². The van der Waals surface area contributed by atoms with Crippen LogP contribution in [-0.2, 0) is 4.74 Å². The molecule has 3 nitrogen and oxygen atoms in total. The number of anilines is 1. The molecule has 0 unspecified atom stereocenters. The first-order chi connectivity index (χ1) is 9.81. The van der Waals surface area contributed by atoms with Gasteiger partial charge in [-0.25, -0.2) is 9.37 Å². The Labute approximate surface area is 121 Å². The molecule has 0 radical (unpaired) electrons. The van der Waals surface area contributed by atoms with Crippen LogP contribution in [0.15, 0.2) is 29.6 Å². The highest BCUT2D eigenvalue weighted by molar-refractivity contribution is 7.14. The number of nitrogens with zero attached hydrogens (tertiary/aromatic N) is 1. The topological polar surface area (TPSA) is 34.1 Å². The first kappa shape index (κ1) is 13.5. The molecule has 1 heterocycles. The van der Waals surface area contributed by atoms with Crippen LogP contribution in [0.5, 0.6) is 0 Å². The second kappa shape index (κ2) is 6.33. The summed E-state index contributed by atoms with van der Waals surface area (Å²) < 4.78 is 18.4. The first-order valence-corrected chi connectivity index (χ1v) is 7.72. The lowest BCUT2D eigenvalue weighted by Gasteiger charge is -2.03. The Morgan fingerprint density at radius 1 is 1.30 bits per heavy atom. The van der Waals surface area contributed by atoms with Crippen LogP contribution in [0.3, 0.4) is 0 Å². The predicted molar refractivity (Wildman–Crippen MR) is 79.5 cm³/mol. The molecule has 1 aromatic heterocycles. The molecule has 0 amide bonds. The molecular formula is C15H17FN2OS. The van der Waals surface area contributed by atoms with E-state index in [2.05, 4.69) is 10.3 Å². The van der Waals surface area contributed by atoms with Crippen LogP contribution in [0, 0.1) is 11.7 Å². The number of aromatic nitrogens is 1. The number of ether oxygens (including phenoxy) is 1. The van der Waals surface area contributed by atoms with E-state index in [-0.39, 0.29) is 5.82 Å². The average Bonchev–Trinajstić information content (AvgIpc) is 3.16. The summed E-state index contributed by atoms with van der Waals surface area (Å²) in [5.74, 6) is 0.579. The standard InChI is InChI=1S/C15H17FN2OS/c16-13-5-3-12(4-6-13)14-10-20-15(18-14)17-7-8-19-9-11-1-2-11/h3-6,10-11H,1-2,7-9H2,(H,17,18). The molecule has 3 rings (SSSR count). The van der Waals surface area contributed by atoms with Crippen molar-refractivity contribution in [2.24, 2.45) is 5.92 Å². The fourth-order valence-electron chi connectivity index (χ4n) is 1.87. The molecular weight excluding hydrogens is 275 g/mol. The van der Waals surface area contributed by atoms with Crippen LogP contribution in [0.2, 0.25) is 0 Å². The third-order valence-corrected chi connectivity index (χ3v) is 4.02. The van der Waals surface area contributed by atoms with Gasteiger partial charge >= 0.3 is 0 Å².